The molecule has 2 unspecified atom stereocenters. The lowest BCUT2D eigenvalue weighted by molar-refractivity contribution is -0.161. The average Bonchev–Trinajstić information content (AvgIpc) is 1.86. The lowest BCUT2D eigenvalue weighted by Crippen LogP contribution is -2.30. The second kappa shape index (κ2) is 70.5. The van der Waals surface area contributed by atoms with E-state index < -0.39 is 97.5 Å². The van der Waals surface area contributed by atoms with Gasteiger partial charge in [-0.05, 0) is 25.7 Å². The molecule has 0 aromatic rings. The smallest absolute Gasteiger partial charge is 0.462 e. The predicted octanol–water partition coefficient (Wildman–Crippen LogP) is 22.6. The van der Waals surface area contributed by atoms with Crippen LogP contribution in [0.3, 0.4) is 0 Å². The van der Waals surface area contributed by atoms with Crippen molar-refractivity contribution in [3.8, 4) is 0 Å². The van der Waals surface area contributed by atoms with Crippen molar-refractivity contribution in [1.82, 2.24) is 0 Å². The molecule has 0 saturated carbocycles. The first-order valence-electron chi connectivity index (χ1n) is 39.8. The van der Waals surface area contributed by atoms with Crippen molar-refractivity contribution in [3.05, 3.63) is 0 Å². The van der Waals surface area contributed by atoms with Crippen LogP contribution in [0.2, 0.25) is 0 Å². The van der Waals surface area contributed by atoms with Gasteiger partial charge in [0.25, 0.3) is 0 Å². The van der Waals surface area contributed by atoms with E-state index in [1.165, 1.54) is 225 Å². The Labute approximate surface area is 581 Å². The number of esters is 4. The number of phosphoric acid groups is 2. The summed E-state index contributed by atoms with van der Waals surface area (Å²) < 4.78 is 68.4. The average molecular weight is 1400 g/mol. The summed E-state index contributed by atoms with van der Waals surface area (Å²) in [5, 5.41) is 10.6. The maximum Gasteiger partial charge on any atom is 0.472 e. The van der Waals surface area contributed by atoms with Crippen molar-refractivity contribution in [1.29, 1.82) is 0 Å². The Morgan fingerprint density at radius 2 is 0.421 bits per heavy atom. The first-order chi connectivity index (χ1) is 46.2. The van der Waals surface area contributed by atoms with Gasteiger partial charge in [0.05, 0.1) is 26.4 Å². The normalized spacial score (nSPS) is 13.9. The Bertz CT molecular complexity index is 1810. The largest absolute Gasteiger partial charge is 0.472 e. The van der Waals surface area contributed by atoms with Crippen molar-refractivity contribution >= 4 is 39.5 Å². The maximum absolute atomic E-state index is 13.1. The molecule has 0 spiro atoms. The fraction of sp³-hybridized carbons (Fsp3) is 0.947. The van der Waals surface area contributed by atoms with Crippen LogP contribution >= 0.6 is 15.6 Å². The molecule has 0 aromatic carbocycles. The van der Waals surface area contributed by atoms with Crippen LogP contribution < -0.4 is 0 Å². The second-order valence-corrected chi connectivity index (χ2v) is 30.3. The van der Waals surface area contributed by atoms with E-state index in [0.29, 0.717) is 25.7 Å². The molecule has 0 aromatic heterocycles. The number of phosphoric ester groups is 2. The van der Waals surface area contributed by atoms with Gasteiger partial charge in [0.2, 0.25) is 0 Å². The molecule has 564 valence electrons. The first kappa shape index (κ1) is 93.1. The molecule has 95 heavy (non-hydrogen) atoms. The number of ether oxygens (including phenoxy) is 4. The van der Waals surface area contributed by atoms with E-state index in [1.54, 1.807) is 0 Å². The van der Waals surface area contributed by atoms with Crippen LogP contribution in [0.4, 0.5) is 0 Å². The molecular weight excluding hydrogens is 1250 g/mol. The lowest BCUT2D eigenvalue weighted by Gasteiger charge is -2.21. The number of hydrogen-bond donors (Lipinski definition) is 3. The van der Waals surface area contributed by atoms with E-state index >= 15 is 0 Å². The van der Waals surface area contributed by atoms with Crippen molar-refractivity contribution in [2.45, 2.75) is 425 Å². The second-order valence-electron chi connectivity index (χ2n) is 27.4. The van der Waals surface area contributed by atoms with Gasteiger partial charge in [0.1, 0.15) is 19.3 Å². The minimum absolute atomic E-state index is 0.108. The van der Waals surface area contributed by atoms with Crippen LogP contribution in [0.1, 0.15) is 407 Å². The molecule has 0 heterocycles. The zero-order chi connectivity index (χ0) is 69.7. The molecule has 0 amide bonds. The summed E-state index contributed by atoms with van der Waals surface area (Å²) in [4.78, 5) is 72.6. The summed E-state index contributed by atoms with van der Waals surface area (Å²) in [6, 6.07) is 0. The third kappa shape index (κ3) is 70.3. The van der Waals surface area contributed by atoms with Crippen LogP contribution in [0.15, 0.2) is 0 Å². The number of hydrogen-bond acceptors (Lipinski definition) is 15. The van der Waals surface area contributed by atoms with Gasteiger partial charge in [-0.2, -0.15) is 0 Å². The fourth-order valence-corrected chi connectivity index (χ4v) is 13.3. The number of unbranched alkanes of at least 4 members (excludes halogenated alkanes) is 51. The topological polar surface area (TPSA) is 237 Å². The number of rotatable bonds is 77. The maximum atomic E-state index is 13.1. The summed E-state index contributed by atoms with van der Waals surface area (Å²) in [5.41, 5.74) is 0. The fourth-order valence-electron chi connectivity index (χ4n) is 11.8. The zero-order valence-electron chi connectivity index (χ0n) is 61.6. The Kier molecular flexibility index (Phi) is 69.1. The molecule has 19 heteroatoms. The Morgan fingerprint density at radius 3 is 0.621 bits per heavy atom. The summed E-state index contributed by atoms with van der Waals surface area (Å²) >= 11 is 0. The first-order valence-corrected chi connectivity index (χ1v) is 42.8. The van der Waals surface area contributed by atoms with E-state index in [9.17, 15) is 43.2 Å². The number of aliphatic hydroxyl groups excluding tert-OH is 1. The van der Waals surface area contributed by atoms with Crippen LogP contribution in [-0.4, -0.2) is 96.7 Å². The molecule has 0 bridgehead atoms. The molecule has 3 N–H and O–H groups in total. The number of carbonyl (C=O) groups is 4. The van der Waals surface area contributed by atoms with Crippen molar-refractivity contribution < 1.29 is 80.2 Å². The molecular formula is C76H148O17P2. The van der Waals surface area contributed by atoms with Crippen LogP contribution in [0, 0.1) is 0 Å². The van der Waals surface area contributed by atoms with Crippen molar-refractivity contribution in [2.24, 2.45) is 0 Å². The van der Waals surface area contributed by atoms with Gasteiger partial charge in [0, 0.05) is 25.7 Å². The number of aliphatic hydroxyl groups is 1. The third-order valence-electron chi connectivity index (χ3n) is 17.9. The molecule has 17 nitrogen and oxygen atoms in total. The lowest BCUT2D eigenvalue weighted by atomic mass is 10.0. The Morgan fingerprint density at radius 1 is 0.253 bits per heavy atom. The van der Waals surface area contributed by atoms with Gasteiger partial charge in [-0.25, -0.2) is 9.13 Å². The van der Waals surface area contributed by atoms with Crippen molar-refractivity contribution in [2.75, 3.05) is 39.6 Å². The van der Waals surface area contributed by atoms with Gasteiger partial charge in [0.15, 0.2) is 12.2 Å². The monoisotopic (exact) mass is 1400 g/mol. The van der Waals surface area contributed by atoms with Crippen LogP contribution in [0.5, 0.6) is 0 Å². The zero-order valence-corrected chi connectivity index (χ0v) is 63.4. The summed E-state index contributed by atoms with van der Waals surface area (Å²) in [6.45, 7) is 4.94. The Hall–Kier alpha value is -1.94. The predicted molar refractivity (Wildman–Crippen MR) is 386 cm³/mol. The quantitative estimate of drug-likeness (QED) is 0.0222. The molecule has 0 aliphatic carbocycles. The Balaban J connectivity index is 5.14. The van der Waals surface area contributed by atoms with Gasteiger partial charge in [-0.15, -0.1) is 0 Å². The van der Waals surface area contributed by atoms with Gasteiger partial charge >= 0.3 is 39.5 Å². The number of carbonyl (C=O) groups excluding carboxylic acids is 4. The highest BCUT2D eigenvalue weighted by molar-refractivity contribution is 7.47. The molecule has 0 saturated heterocycles. The standard InChI is InChI=1S/C76H148O17P2/c1-5-9-13-17-21-24-27-30-32-33-34-35-36-37-38-39-41-44-47-51-55-59-63-76(81)93-72(67-87-74(79)61-57-53-49-45-43-40-31-28-25-22-18-14-10-6-2)69-91-95(84,85)89-65-70(77)64-88-94(82,83)90-68-71(66-86-73(78)60-56-52-48-20-16-12-8-4)92-75(80)62-58-54-50-46-42-29-26-23-19-15-11-7-3/h70-72,77H,5-69H2,1-4H3,(H,82,83)(H,84,85)/t70-,71+,72+/m0/s1. The van der Waals surface area contributed by atoms with E-state index in [-0.39, 0.29) is 25.7 Å². The van der Waals surface area contributed by atoms with E-state index in [1.807, 2.05) is 0 Å². The molecule has 0 rings (SSSR count). The van der Waals surface area contributed by atoms with Crippen LogP contribution in [-0.2, 0) is 65.4 Å². The molecule has 0 radical (unpaired) electrons. The van der Waals surface area contributed by atoms with E-state index in [2.05, 4.69) is 27.7 Å². The minimum atomic E-state index is -4.95. The molecule has 0 fully saturated rings. The van der Waals surface area contributed by atoms with Gasteiger partial charge in [-0.1, -0.05) is 355 Å². The summed E-state index contributed by atoms with van der Waals surface area (Å²) in [7, 11) is -9.90. The van der Waals surface area contributed by atoms with E-state index in [4.69, 9.17) is 37.0 Å². The van der Waals surface area contributed by atoms with E-state index in [0.717, 1.165) is 103 Å². The minimum Gasteiger partial charge on any atom is -0.462 e. The van der Waals surface area contributed by atoms with Gasteiger partial charge in [-0.3, -0.25) is 37.3 Å². The highest BCUT2D eigenvalue weighted by atomic mass is 31.2. The highest BCUT2D eigenvalue weighted by Crippen LogP contribution is 2.45. The highest BCUT2D eigenvalue weighted by Gasteiger charge is 2.30. The SMILES string of the molecule is CCCCCCCCCCCCCCCCCCCCCCCCC(=O)O[C@H](COC(=O)CCCCCCCCCCCCCCCC)COP(=O)(O)OC[C@@H](O)COP(=O)(O)OC[C@@H](COC(=O)CCCCCCCCC)OC(=O)CCCCCCCCCCCCCC. The third-order valence-corrected chi connectivity index (χ3v) is 19.8. The molecule has 0 aliphatic heterocycles. The summed E-state index contributed by atoms with van der Waals surface area (Å²) in [6.07, 6.45) is 61.3. The molecule has 0 aliphatic rings. The van der Waals surface area contributed by atoms with Crippen LogP contribution in [0.25, 0.3) is 0 Å². The van der Waals surface area contributed by atoms with Gasteiger partial charge < -0.3 is 33.8 Å². The molecule has 5 atom stereocenters. The summed E-state index contributed by atoms with van der Waals surface area (Å²) in [5.74, 6) is -2.12. The van der Waals surface area contributed by atoms with Crippen molar-refractivity contribution in [3.63, 3.8) is 0 Å².